The minimum absolute atomic E-state index is 0.0427. The number of hydrogen-bond donors (Lipinski definition) is 3. The number of rotatable bonds is 7. The normalized spacial score (nSPS) is 15.3. The molecule has 0 aromatic heterocycles. The molecule has 1 aliphatic rings. The second-order valence-electron chi connectivity index (χ2n) is 5.46. The Kier molecular flexibility index (Phi) is 4.77. The summed E-state index contributed by atoms with van der Waals surface area (Å²) in [6.07, 6.45) is 2.92. The number of amides is 2. The van der Waals surface area contributed by atoms with Crippen molar-refractivity contribution in [3.8, 4) is 0 Å². The zero-order valence-corrected chi connectivity index (χ0v) is 11.7. The van der Waals surface area contributed by atoms with Crippen LogP contribution in [-0.2, 0) is 11.2 Å². The Bertz CT molecular complexity index is 512. The van der Waals surface area contributed by atoms with Gasteiger partial charge in [0.2, 0.25) is 0 Å². The summed E-state index contributed by atoms with van der Waals surface area (Å²) in [6.45, 7) is 0.338. The van der Waals surface area contributed by atoms with Gasteiger partial charge in [-0.3, -0.25) is 4.79 Å². The number of hydrogen-bond acceptors (Lipinski definition) is 2. The number of benzene rings is 1. The van der Waals surface area contributed by atoms with Gasteiger partial charge < -0.3 is 15.7 Å². The fourth-order valence-electron chi connectivity index (χ4n) is 2.22. The molecule has 0 unspecified atom stereocenters. The molecular weight excluding hydrogens is 275 g/mol. The number of halogens is 1. The lowest BCUT2D eigenvalue weighted by molar-refractivity contribution is -0.137. The highest BCUT2D eigenvalue weighted by molar-refractivity contribution is 5.75. The van der Waals surface area contributed by atoms with Gasteiger partial charge in [-0.25, -0.2) is 9.18 Å². The van der Waals surface area contributed by atoms with Crippen molar-refractivity contribution >= 4 is 12.0 Å². The maximum absolute atomic E-state index is 12.9. The fourth-order valence-corrected chi connectivity index (χ4v) is 2.22. The Morgan fingerprint density at radius 3 is 2.48 bits per heavy atom. The molecule has 0 heterocycles. The molecule has 1 fully saturated rings. The molecule has 21 heavy (non-hydrogen) atoms. The third kappa shape index (κ3) is 5.06. The smallest absolute Gasteiger partial charge is 0.315 e. The van der Waals surface area contributed by atoms with Gasteiger partial charge in [-0.15, -0.1) is 0 Å². The van der Waals surface area contributed by atoms with Crippen molar-refractivity contribution in [3.63, 3.8) is 0 Å². The Morgan fingerprint density at radius 1 is 1.24 bits per heavy atom. The Hall–Kier alpha value is -2.11. The van der Waals surface area contributed by atoms with Crippen LogP contribution in [0.15, 0.2) is 24.3 Å². The number of carbonyl (C=O) groups is 2. The molecule has 6 heteroatoms. The molecule has 0 spiro atoms. The molecule has 0 bridgehead atoms. The van der Waals surface area contributed by atoms with Gasteiger partial charge in [0.1, 0.15) is 5.82 Å². The number of carbonyl (C=O) groups excluding carboxylic acids is 1. The lowest BCUT2D eigenvalue weighted by Gasteiger charge is -2.18. The summed E-state index contributed by atoms with van der Waals surface area (Å²) >= 11 is 0. The van der Waals surface area contributed by atoms with Gasteiger partial charge in [0.15, 0.2) is 0 Å². The molecule has 0 radical (unpaired) electrons. The van der Waals surface area contributed by atoms with Crippen LogP contribution in [0.25, 0.3) is 0 Å². The van der Waals surface area contributed by atoms with E-state index in [9.17, 15) is 14.0 Å². The molecule has 1 saturated carbocycles. The number of carboxylic acid groups (broad SMARTS) is 1. The highest BCUT2D eigenvalue weighted by Crippen LogP contribution is 2.38. The van der Waals surface area contributed by atoms with E-state index in [2.05, 4.69) is 10.6 Å². The first kappa shape index (κ1) is 15.3. The third-order valence-electron chi connectivity index (χ3n) is 3.54. The van der Waals surface area contributed by atoms with Crippen molar-refractivity contribution < 1.29 is 19.1 Å². The summed E-state index contributed by atoms with van der Waals surface area (Å²) in [5, 5.41) is 14.1. The van der Waals surface area contributed by atoms with Crippen molar-refractivity contribution in [2.45, 2.75) is 37.6 Å². The quantitative estimate of drug-likeness (QED) is 0.674. The van der Waals surface area contributed by atoms with Crippen molar-refractivity contribution in [2.24, 2.45) is 0 Å². The van der Waals surface area contributed by atoms with Gasteiger partial charge in [0.05, 0.1) is 0 Å². The highest BCUT2D eigenvalue weighted by Gasteiger charge is 2.43. The van der Waals surface area contributed by atoms with E-state index in [0.29, 0.717) is 19.4 Å². The Labute approximate surface area is 122 Å². The van der Waals surface area contributed by atoms with Crippen LogP contribution in [-0.4, -0.2) is 29.2 Å². The fraction of sp³-hybridized carbons (Fsp3) is 0.467. The van der Waals surface area contributed by atoms with Gasteiger partial charge >= 0.3 is 12.0 Å². The molecule has 1 aromatic carbocycles. The maximum Gasteiger partial charge on any atom is 0.315 e. The number of nitrogens with one attached hydrogen (secondary N) is 2. The van der Waals surface area contributed by atoms with Crippen LogP contribution in [0.2, 0.25) is 0 Å². The topological polar surface area (TPSA) is 78.4 Å². The van der Waals surface area contributed by atoms with Gasteiger partial charge in [0, 0.05) is 18.5 Å². The van der Waals surface area contributed by atoms with Crippen LogP contribution in [0.1, 0.15) is 31.2 Å². The summed E-state index contributed by atoms with van der Waals surface area (Å²) < 4.78 is 12.9. The minimum Gasteiger partial charge on any atom is -0.481 e. The van der Waals surface area contributed by atoms with Crippen LogP contribution in [0, 0.1) is 5.82 Å². The van der Waals surface area contributed by atoms with Gasteiger partial charge in [-0.2, -0.15) is 0 Å². The highest BCUT2D eigenvalue weighted by atomic mass is 19.1. The molecule has 3 N–H and O–H groups in total. The van der Waals surface area contributed by atoms with Crippen LogP contribution in [0.3, 0.4) is 0 Å². The summed E-state index contributed by atoms with van der Waals surface area (Å²) in [7, 11) is 0. The van der Waals surface area contributed by atoms with Crippen molar-refractivity contribution in [2.75, 3.05) is 6.54 Å². The largest absolute Gasteiger partial charge is 0.481 e. The second kappa shape index (κ2) is 6.56. The van der Waals surface area contributed by atoms with Crippen LogP contribution < -0.4 is 10.6 Å². The average molecular weight is 294 g/mol. The van der Waals surface area contributed by atoms with Crippen molar-refractivity contribution in [3.05, 3.63) is 35.6 Å². The predicted molar refractivity (Wildman–Crippen MR) is 75.5 cm³/mol. The van der Waals surface area contributed by atoms with E-state index >= 15 is 0 Å². The zero-order chi connectivity index (χ0) is 15.3. The molecule has 5 nitrogen and oxygen atoms in total. The maximum atomic E-state index is 12.9. The van der Waals surface area contributed by atoms with E-state index in [1.807, 2.05) is 0 Å². The van der Waals surface area contributed by atoms with E-state index in [0.717, 1.165) is 18.4 Å². The minimum atomic E-state index is -0.868. The number of aliphatic carboxylic acids is 1. The summed E-state index contributed by atoms with van der Waals surface area (Å²) in [5.41, 5.74) is 0.745. The predicted octanol–water partition coefficient (Wildman–Crippen LogP) is 2.06. The molecule has 1 aliphatic carbocycles. The van der Waals surface area contributed by atoms with E-state index in [1.54, 1.807) is 12.1 Å². The number of carboxylic acids is 1. The van der Waals surface area contributed by atoms with Gasteiger partial charge in [-0.05, 0) is 43.4 Å². The lowest BCUT2D eigenvalue weighted by Crippen LogP contribution is -2.45. The standard InChI is InChI=1S/C15H19FN2O3/c16-12-5-3-11(4-6-12)10-15(7-8-15)18-14(21)17-9-1-2-13(19)20/h3-6H,1-2,7-10H2,(H,19,20)(H2,17,18,21). The second-order valence-corrected chi connectivity index (χ2v) is 5.46. The SMILES string of the molecule is O=C(O)CCCNC(=O)NC1(Cc2ccc(F)cc2)CC1. The zero-order valence-electron chi connectivity index (χ0n) is 11.7. The third-order valence-corrected chi connectivity index (χ3v) is 3.54. The molecule has 0 saturated heterocycles. The monoisotopic (exact) mass is 294 g/mol. The van der Waals surface area contributed by atoms with Gasteiger partial charge in [-0.1, -0.05) is 12.1 Å². The van der Waals surface area contributed by atoms with Crippen molar-refractivity contribution in [1.82, 2.24) is 10.6 Å². The summed E-state index contributed by atoms with van der Waals surface area (Å²) in [6, 6.07) is 6.00. The van der Waals surface area contributed by atoms with Gasteiger partial charge in [0.25, 0.3) is 0 Å². The molecule has 2 amide bonds. The summed E-state index contributed by atoms with van der Waals surface area (Å²) in [4.78, 5) is 22.1. The molecule has 0 aliphatic heterocycles. The molecule has 2 rings (SSSR count). The summed E-state index contributed by atoms with van der Waals surface area (Å²) in [5.74, 6) is -1.14. The van der Waals surface area contributed by atoms with E-state index in [4.69, 9.17) is 5.11 Å². The Balaban J connectivity index is 1.75. The molecular formula is C15H19FN2O3. The lowest BCUT2D eigenvalue weighted by atomic mass is 10.0. The van der Waals surface area contributed by atoms with E-state index in [-0.39, 0.29) is 23.8 Å². The van der Waals surface area contributed by atoms with E-state index in [1.165, 1.54) is 12.1 Å². The first-order valence-electron chi connectivity index (χ1n) is 7.01. The van der Waals surface area contributed by atoms with Crippen molar-refractivity contribution in [1.29, 1.82) is 0 Å². The molecule has 1 aromatic rings. The Morgan fingerprint density at radius 2 is 1.90 bits per heavy atom. The van der Waals surface area contributed by atoms with Crippen LogP contribution in [0.5, 0.6) is 0 Å². The molecule has 114 valence electrons. The first-order chi connectivity index (χ1) is 9.99. The average Bonchev–Trinajstić information content (AvgIpc) is 3.17. The first-order valence-corrected chi connectivity index (χ1v) is 7.01. The van der Waals surface area contributed by atoms with E-state index < -0.39 is 5.97 Å². The van der Waals surface area contributed by atoms with Crippen LogP contribution >= 0.6 is 0 Å². The van der Waals surface area contributed by atoms with Crippen LogP contribution in [0.4, 0.5) is 9.18 Å². The number of urea groups is 1. The molecule has 0 atom stereocenters.